The van der Waals surface area contributed by atoms with Gasteiger partial charge in [-0.15, -0.1) is 0 Å². The third-order valence-electron chi connectivity index (χ3n) is 4.62. The van der Waals surface area contributed by atoms with Gasteiger partial charge in [-0.25, -0.2) is 4.79 Å². The number of halogens is 1. The van der Waals surface area contributed by atoms with Gasteiger partial charge in [0.1, 0.15) is 16.8 Å². The lowest BCUT2D eigenvalue weighted by atomic mass is 9.98. The first-order valence-electron chi connectivity index (χ1n) is 9.03. The van der Waals surface area contributed by atoms with Gasteiger partial charge in [-0.05, 0) is 56.0 Å². The molecule has 0 aliphatic heterocycles. The first kappa shape index (κ1) is 19.6. The number of thiocarbonyl (C=S) groups is 1. The van der Waals surface area contributed by atoms with Crippen LogP contribution in [0.1, 0.15) is 48.0 Å². The summed E-state index contributed by atoms with van der Waals surface area (Å²) in [6.07, 6.45) is 5.21. The van der Waals surface area contributed by atoms with Crippen LogP contribution in [0.3, 0.4) is 0 Å². The summed E-state index contributed by atoms with van der Waals surface area (Å²) in [6.45, 7) is 0. The molecular formula is C21H22ClNO3S. The van der Waals surface area contributed by atoms with Crippen LogP contribution in [-0.2, 0) is 4.74 Å². The molecule has 0 spiro atoms. The number of hydrogen-bond acceptors (Lipinski definition) is 4. The summed E-state index contributed by atoms with van der Waals surface area (Å²) in [6, 6.07) is 12.6. The highest BCUT2D eigenvalue weighted by molar-refractivity contribution is 7.81. The van der Waals surface area contributed by atoms with Gasteiger partial charge in [0.2, 0.25) is 0 Å². The molecule has 0 heterocycles. The molecule has 0 radical (unpaired) electrons. The van der Waals surface area contributed by atoms with Crippen molar-refractivity contribution >= 4 is 40.5 Å². The van der Waals surface area contributed by atoms with E-state index in [2.05, 4.69) is 5.32 Å². The molecule has 1 N–H and O–H groups in total. The summed E-state index contributed by atoms with van der Waals surface area (Å²) < 4.78 is 11.0. The molecule has 142 valence electrons. The minimum absolute atomic E-state index is 0.0198. The molecular weight excluding hydrogens is 382 g/mol. The Balaban J connectivity index is 1.74. The lowest BCUT2D eigenvalue weighted by Crippen LogP contribution is -2.21. The quantitative estimate of drug-likeness (QED) is 0.518. The van der Waals surface area contributed by atoms with Gasteiger partial charge in [-0.3, -0.25) is 0 Å². The normalized spacial score (nSPS) is 14.4. The first-order chi connectivity index (χ1) is 13.1. The number of carbonyl (C=O) groups excluding carboxylic acids is 1. The van der Waals surface area contributed by atoms with Crippen molar-refractivity contribution in [1.29, 1.82) is 0 Å². The largest absolute Gasteiger partial charge is 0.496 e. The van der Waals surface area contributed by atoms with E-state index in [1.54, 1.807) is 25.3 Å². The minimum atomic E-state index is -0.390. The van der Waals surface area contributed by atoms with Crippen LogP contribution in [0.2, 0.25) is 5.02 Å². The van der Waals surface area contributed by atoms with Crippen LogP contribution in [0.25, 0.3) is 0 Å². The van der Waals surface area contributed by atoms with E-state index in [0.29, 0.717) is 27.0 Å². The van der Waals surface area contributed by atoms with Crippen LogP contribution >= 0.6 is 23.8 Å². The summed E-state index contributed by atoms with van der Waals surface area (Å²) in [5.41, 5.74) is 1.79. The van der Waals surface area contributed by atoms with Crippen molar-refractivity contribution in [2.24, 2.45) is 0 Å². The maximum Gasteiger partial charge on any atom is 0.340 e. The zero-order valence-corrected chi connectivity index (χ0v) is 16.7. The maximum atomic E-state index is 12.6. The van der Waals surface area contributed by atoms with Crippen LogP contribution < -0.4 is 10.1 Å². The Morgan fingerprint density at radius 3 is 2.59 bits per heavy atom. The average Bonchev–Trinajstić information content (AvgIpc) is 2.70. The van der Waals surface area contributed by atoms with E-state index >= 15 is 0 Å². The van der Waals surface area contributed by atoms with E-state index < -0.39 is 5.97 Å². The topological polar surface area (TPSA) is 47.6 Å². The van der Waals surface area contributed by atoms with Crippen molar-refractivity contribution in [2.45, 2.75) is 38.2 Å². The number of anilines is 1. The van der Waals surface area contributed by atoms with E-state index in [1.165, 1.54) is 6.42 Å². The Hall–Kier alpha value is -2.11. The fourth-order valence-corrected chi connectivity index (χ4v) is 3.67. The second-order valence-electron chi connectivity index (χ2n) is 6.51. The average molecular weight is 404 g/mol. The molecule has 0 bridgehead atoms. The highest BCUT2D eigenvalue weighted by atomic mass is 35.5. The smallest absolute Gasteiger partial charge is 0.340 e. The van der Waals surface area contributed by atoms with E-state index in [4.69, 9.17) is 33.3 Å². The molecule has 0 aromatic heterocycles. The number of hydrogen-bond donors (Lipinski definition) is 1. The Labute approximate surface area is 169 Å². The van der Waals surface area contributed by atoms with Gasteiger partial charge in [-0.2, -0.15) is 0 Å². The molecule has 2 aromatic rings. The molecule has 0 atom stereocenters. The SMILES string of the molecule is COc1ccccc1C(=S)Nc1ccc(Cl)c(C(=O)OC2CCCCC2)c1. The van der Waals surface area contributed by atoms with Crippen LogP contribution in [0.5, 0.6) is 5.75 Å². The van der Waals surface area contributed by atoms with Crippen LogP contribution in [0, 0.1) is 0 Å². The maximum absolute atomic E-state index is 12.6. The standard InChI is InChI=1S/C21H22ClNO3S/c1-25-19-10-6-5-9-16(19)20(27)23-14-11-12-18(22)17(13-14)21(24)26-15-7-3-2-4-8-15/h5-6,9-13,15H,2-4,7-8H2,1H3,(H,23,27). The second-order valence-corrected chi connectivity index (χ2v) is 7.33. The van der Waals surface area contributed by atoms with Crippen molar-refractivity contribution in [3.05, 3.63) is 58.6 Å². The number of esters is 1. The van der Waals surface area contributed by atoms with Gasteiger partial charge in [0, 0.05) is 5.69 Å². The number of para-hydroxylation sites is 1. The van der Waals surface area contributed by atoms with Crippen LogP contribution in [-0.4, -0.2) is 24.2 Å². The third kappa shape index (κ3) is 4.99. The summed E-state index contributed by atoms with van der Waals surface area (Å²) in [5.74, 6) is 0.291. The summed E-state index contributed by atoms with van der Waals surface area (Å²) in [4.78, 5) is 13.1. The Bertz CT molecular complexity index is 834. The summed E-state index contributed by atoms with van der Waals surface area (Å²) in [5, 5.41) is 3.51. The van der Waals surface area contributed by atoms with Crippen LogP contribution in [0.4, 0.5) is 5.69 Å². The zero-order chi connectivity index (χ0) is 19.2. The number of ether oxygens (including phenoxy) is 2. The van der Waals surface area contributed by atoms with E-state index in [-0.39, 0.29) is 6.10 Å². The van der Waals surface area contributed by atoms with Crippen molar-refractivity contribution in [1.82, 2.24) is 0 Å². The first-order valence-corrected chi connectivity index (χ1v) is 9.82. The number of benzene rings is 2. The van der Waals surface area contributed by atoms with Crippen molar-refractivity contribution in [3.63, 3.8) is 0 Å². The molecule has 2 aromatic carbocycles. The summed E-state index contributed by atoms with van der Waals surface area (Å²) >= 11 is 11.7. The van der Waals surface area contributed by atoms with E-state index in [9.17, 15) is 4.79 Å². The molecule has 3 rings (SSSR count). The molecule has 1 fully saturated rings. The molecule has 27 heavy (non-hydrogen) atoms. The molecule has 0 amide bonds. The fourth-order valence-electron chi connectivity index (χ4n) is 3.19. The van der Waals surface area contributed by atoms with E-state index in [1.807, 2.05) is 24.3 Å². The van der Waals surface area contributed by atoms with Gasteiger partial charge in [0.05, 0.1) is 23.3 Å². The number of carbonyl (C=O) groups is 1. The highest BCUT2D eigenvalue weighted by Crippen LogP contribution is 2.26. The molecule has 0 saturated heterocycles. The molecule has 1 saturated carbocycles. The van der Waals surface area contributed by atoms with Crippen LogP contribution in [0.15, 0.2) is 42.5 Å². The van der Waals surface area contributed by atoms with Crippen molar-refractivity contribution < 1.29 is 14.3 Å². The Kier molecular flexibility index (Phi) is 6.69. The summed E-state index contributed by atoms with van der Waals surface area (Å²) in [7, 11) is 1.60. The monoisotopic (exact) mass is 403 g/mol. The fraction of sp³-hybridized carbons (Fsp3) is 0.333. The van der Waals surface area contributed by atoms with Crippen molar-refractivity contribution in [3.8, 4) is 5.75 Å². The zero-order valence-electron chi connectivity index (χ0n) is 15.2. The van der Waals surface area contributed by atoms with E-state index in [0.717, 1.165) is 31.2 Å². The Morgan fingerprint density at radius 2 is 1.85 bits per heavy atom. The molecule has 1 aliphatic rings. The number of methoxy groups -OCH3 is 1. The third-order valence-corrected chi connectivity index (χ3v) is 5.27. The lowest BCUT2D eigenvalue weighted by Gasteiger charge is -2.22. The van der Waals surface area contributed by atoms with Gasteiger partial charge in [-0.1, -0.05) is 42.4 Å². The number of nitrogens with one attached hydrogen (secondary N) is 1. The van der Waals surface area contributed by atoms with Gasteiger partial charge >= 0.3 is 5.97 Å². The number of rotatable bonds is 5. The van der Waals surface area contributed by atoms with Crippen molar-refractivity contribution in [2.75, 3.05) is 12.4 Å². The highest BCUT2D eigenvalue weighted by Gasteiger charge is 2.21. The van der Waals surface area contributed by atoms with Gasteiger partial charge in [0.15, 0.2) is 0 Å². The lowest BCUT2D eigenvalue weighted by molar-refractivity contribution is 0.0211. The predicted octanol–water partition coefficient (Wildman–Crippen LogP) is 5.63. The second kappa shape index (κ2) is 9.20. The molecule has 6 heteroatoms. The molecule has 1 aliphatic carbocycles. The van der Waals surface area contributed by atoms with Gasteiger partial charge in [0.25, 0.3) is 0 Å². The predicted molar refractivity (Wildman–Crippen MR) is 112 cm³/mol. The molecule has 0 unspecified atom stereocenters. The molecule has 4 nitrogen and oxygen atoms in total. The van der Waals surface area contributed by atoms with Gasteiger partial charge < -0.3 is 14.8 Å². The minimum Gasteiger partial charge on any atom is -0.496 e. The Morgan fingerprint density at radius 1 is 1.11 bits per heavy atom.